The molecule has 1 aliphatic carbocycles. The summed E-state index contributed by atoms with van der Waals surface area (Å²) in [7, 11) is -4.00. The molecule has 0 aromatic heterocycles. The number of nitro groups is 1. The van der Waals surface area contributed by atoms with Gasteiger partial charge in [-0.1, -0.05) is 0 Å². The van der Waals surface area contributed by atoms with Gasteiger partial charge in [-0.3, -0.25) is 10.1 Å². The minimum atomic E-state index is -4.00. The van der Waals surface area contributed by atoms with E-state index in [1.54, 1.807) is 0 Å². The van der Waals surface area contributed by atoms with E-state index in [0.717, 1.165) is 31.7 Å². The van der Waals surface area contributed by atoms with E-state index in [2.05, 4.69) is 0 Å². The van der Waals surface area contributed by atoms with Gasteiger partial charge in [0, 0.05) is 12.7 Å². The van der Waals surface area contributed by atoms with Gasteiger partial charge in [0.25, 0.3) is 0 Å². The van der Waals surface area contributed by atoms with Crippen molar-refractivity contribution in [3.05, 3.63) is 28.3 Å². The number of aliphatic hydroxyl groups excluding tert-OH is 1. The van der Waals surface area contributed by atoms with Crippen LogP contribution in [0.25, 0.3) is 0 Å². The quantitative estimate of drug-likeness (QED) is 0.592. The number of nitrogens with zero attached hydrogens (tertiary/aromatic N) is 1. The number of nitro benzene ring substituents is 1. The molecule has 1 fully saturated rings. The number of ether oxygens (including phenoxy) is 1. The van der Waals surface area contributed by atoms with Crippen molar-refractivity contribution < 1.29 is 23.2 Å². The van der Waals surface area contributed by atoms with Gasteiger partial charge in [0.05, 0.1) is 16.4 Å². The largest absolute Gasteiger partial charge is 0.487 e. The summed E-state index contributed by atoms with van der Waals surface area (Å²) in [6, 6.07) is 3.37. The van der Waals surface area contributed by atoms with E-state index in [0.29, 0.717) is 12.5 Å². The predicted molar refractivity (Wildman–Crippen MR) is 82.5 cm³/mol. The average Bonchev–Trinajstić information content (AvgIpc) is 2.52. The Morgan fingerprint density at radius 1 is 1.26 bits per heavy atom. The van der Waals surface area contributed by atoms with Crippen molar-refractivity contribution >= 4 is 15.7 Å². The Morgan fingerprint density at radius 2 is 1.87 bits per heavy atom. The Kier molecular flexibility index (Phi) is 5.55. The lowest BCUT2D eigenvalue weighted by Gasteiger charge is -2.27. The fourth-order valence-electron chi connectivity index (χ4n) is 2.73. The molecule has 1 aromatic rings. The highest BCUT2D eigenvalue weighted by atomic mass is 32.2. The molecule has 9 heteroatoms. The third-order valence-electron chi connectivity index (χ3n) is 4.15. The highest BCUT2D eigenvalue weighted by Crippen LogP contribution is 2.32. The molecule has 128 valence electrons. The van der Waals surface area contributed by atoms with E-state index in [1.165, 1.54) is 12.1 Å². The minimum absolute atomic E-state index is 0.0340. The molecule has 0 spiro atoms. The zero-order chi connectivity index (χ0) is 17.0. The summed E-state index contributed by atoms with van der Waals surface area (Å²) in [6.07, 6.45) is 3.62. The van der Waals surface area contributed by atoms with Crippen molar-refractivity contribution in [2.75, 3.05) is 13.2 Å². The lowest BCUT2D eigenvalue weighted by atomic mass is 9.83. The number of primary sulfonamides is 1. The Bertz CT molecular complexity index is 668. The van der Waals surface area contributed by atoms with Gasteiger partial charge in [-0.25, -0.2) is 13.6 Å². The second-order valence-corrected chi connectivity index (χ2v) is 7.37. The number of hydrogen-bond acceptors (Lipinski definition) is 6. The fourth-order valence-corrected chi connectivity index (χ4v) is 3.26. The van der Waals surface area contributed by atoms with Gasteiger partial charge in [-0.15, -0.1) is 0 Å². The molecule has 0 amide bonds. The van der Waals surface area contributed by atoms with Gasteiger partial charge < -0.3 is 9.84 Å². The molecule has 0 heterocycles. The van der Waals surface area contributed by atoms with Crippen LogP contribution in [0.5, 0.6) is 5.75 Å². The van der Waals surface area contributed by atoms with Gasteiger partial charge >= 0.3 is 5.69 Å². The topological polar surface area (TPSA) is 133 Å². The van der Waals surface area contributed by atoms with E-state index in [1.807, 2.05) is 0 Å². The number of benzene rings is 1. The first-order chi connectivity index (χ1) is 10.8. The third kappa shape index (κ3) is 4.63. The third-order valence-corrected chi connectivity index (χ3v) is 5.07. The van der Waals surface area contributed by atoms with Crippen LogP contribution in [-0.2, 0) is 10.0 Å². The van der Waals surface area contributed by atoms with E-state index < -0.39 is 20.6 Å². The smallest absolute Gasteiger partial charge is 0.312 e. The van der Waals surface area contributed by atoms with Gasteiger partial charge in [-0.05, 0) is 49.7 Å². The van der Waals surface area contributed by atoms with E-state index >= 15 is 0 Å². The molecule has 2 rings (SSSR count). The van der Waals surface area contributed by atoms with Crippen LogP contribution in [0.3, 0.4) is 0 Å². The minimum Gasteiger partial charge on any atom is -0.487 e. The van der Waals surface area contributed by atoms with Crippen LogP contribution in [-0.4, -0.2) is 31.7 Å². The highest BCUT2D eigenvalue weighted by molar-refractivity contribution is 7.89. The Labute approximate surface area is 134 Å². The van der Waals surface area contributed by atoms with E-state index in [-0.39, 0.29) is 23.2 Å². The zero-order valence-electron chi connectivity index (χ0n) is 12.6. The number of hydrogen-bond donors (Lipinski definition) is 2. The van der Waals surface area contributed by atoms with Crippen LogP contribution in [0.1, 0.15) is 25.7 Å². The molecule has 0 unspecified atom stereocenters. The maximum Gasteiger partial charge on any atom is 0.312 e. The average molecular weight is 344 g/mol. The molecule has 1 aliphatic rings. The molecule has 1 saturated carbocycles. The molecule has 0 bridgehead atoms. The number of sulfonamides is 1. The normalized spacial score (nSPS) is 21.8. The predicted octanol–water partition coefficient (Wildman–Crippen LogP) is 1.42. The molecule has 1 aromatic carbocycles. The molecule has 0 saturated heterocycles. The number of nitrogens with two attached hydrogens (primary N) is 1. The van der Waals surface area contributed by atoms with Gasteiger partial charge in [0.2, 0.25) is 10.0 Å². The first-order valence-electron chi connectivity index (χ1n) is 7.36. The Morgan fingerprint density at radius 3 is 2.39 bits per heavy atom. The molecule has 3 N–H and O–H groups in total. The fraction of sp³-hybridized carbons (Fsp3) is 0.571. The molecule has 8 nitrogen and oxygen atoms in total. The SMILES string of the molecule is NS(=O)(=O)c1ccc(OCC2CCC(CO)CC2)c([N+](=O)[O-])c1. The standard InChI is InChI=1S/C14H20N2O6S/c15-23(20,21)12-5-6-14(13(7-12)16(18)19)22-9-11-3-1-10(8-17)2-4-11/h5-7,10-11,17H,1-4,8-9H2,(H2,15,20,21). The molecule has 23 heavy (non-hydrogen) atoms. The van der Waals surface area contributed by atoms with Crippen LogP contribution in [0.2, 0.25) is 0 Å². The molecular weight excluding hydrogens is 324 g/mol. The lowest BCUT2D eigenvalue weighted by Crippen LogP contribution is -2.22. The van der Waals surface area contributed by atoms with Crippen LogP contribution in [0, 0.1) is 22.0 Å². The maximum absolute atomic E-state index is 11.3. The van der Waals surface area contributed by atoms with E-state index in [9.17, 15) is 18.5 Å². The number of aliphatic hydroxyl groups is 1. The zero-order valence-corrected chi connectivity index (χ0v) is 13.4. The summed E-state index contributed by atoms with van der Waals surface area (Å²) < 4.78 is 28.1. The number of rotatable bonds is 6. The summed E-state index contributed by atoms with van der Waals surface area (Å²) >= 11 is 0. The maximum atomic E-state index is 11.3. The second-order valence-electron chi connectivity index (χ2n) is 5.81. The Balaban J connectivity index is 2.06. The van der Waals surface area contributed by atoms with Crippen molar-refractivity contribution in [3.63, 3.8) is 0 Å². The first-order valence-corrected chi connectivity index (χ1v) is 8.90. The van der Waals surface area contributed by atoms with Crippen LogP contribution in [0.4, 0.5) is 5.69 Å². The van der Waals surface area contributed by atoms with Crippen molar-refractivity contribution in [1.82, 2.24) is 0 Å². The summed E-state index contributed by atoms with van der Waals surface area (Å²) in [5.74, 6) is 0.636. The Hall–Kier alpha value is -1.71. The molecule has 0 radical (unpaired) electrons. The van der Waals surface area contributed by atoms with Crippen molar-refractivity contribution in [1.29, 1.82) is 0 Å². The molecule has 0 aliphatic heterocycles. The van der Waals surface area contributed by atoms with Crippen molar-refractivity contribution in [3.8, 4) is 5.75 Å². The van der Waals surface area contributed by atoms with Crippen LogP contribution >= 0.6 is 0 Å². The molecule has 0 atom stereocenters. The summed E-state index contributed by atoms with van der Waals surface area (Å²) in [6.45, 7) is 0.516. The molecular formula is C14H20N2O6S. The summed E-state index contributed by atoms with van der Waals surface area (Å²) in [5, 5.41) is 25.2. The monoisotopic (exact) mass is 344 g/mol. The first kappa shape index (κ1) is 17.6. The van der Waals surface area contributed by atoms with Crippen molar-refractivity contribution in [2.45, 2.75) is 30.6 Å². The highest BCUT2D eigenvalue weighted by Gasteiger charge is 2.24. The second kappa shape index (κ2) is 7.24. The lowest BCUT2D eigenvalue weighted by molar-refractivity contribution is -0.386. The van der Waals surface area contributed by atoms with Gasteiger partial charge in [0.15, 0.2) is 5.75 Å². The van der Waals surface area contributed by atoms with Gasteiger partial charge in [-0.2, -0.15) is 0 Å². The van der Waals surface area contributed by atoms with Crippen molar-refractivity contribution in [2.24, 2.45) is 17.0 Å². The van der Waals surface area contributed by atoms with Crippen LogP contribution < -0.4 is 9.88 Å². The van der Waals surface area contributed by atoms with Crippen LogP contribution in [0.15, 0.2) is 23.1 Å². The summed E-state index contributed by atoms with van der Waals surface area (Å²) in [4.78, 5) is 10.1. The van der Waals surface area contributed by atoms with Gasteiger partial charge in [0.1, 0.15) is 0 Å². The van der Waals surface area contributed by atoms with E-state index in [4.69, 9.17) is 15.0 Å². The summed E-state index contributed by atoms with van der Waals surface area (Å²) in [5.41, 5.74) is -0.416.